The van der Waals surface area contributed by atoms with Crippen LogP contribution in [-0.4, -0.2) is 49.3 Å². The molecular weight excluding hydrogens is 335 g/mol. The van der Waals surface area contributed by atoms with Crippen molar-refractivity contribution in [3.05, 3.63) is 0 Å². The summed E-state index contributed by atoms with van der Waals surface area (Å²) in [6.07, 6.45) is -0.716. The van der Waals surface area contributed by atoms with Crippen molar-refractivity contribution in [1.29, 1.82) is 0 Å². The maximum Gasteiger partial charge on any atom is 0.391 e. The number of amidine groups is 1. The first-order valence-corrected chi connectivity index (χ1v) is 8.68. The van der Waals surface area contributed by atoms with E-state index in [1.807, 2.05) is 0 Å². The van der Waals surface area contributed by atoms with Gasteiger partial charge in [0.25, 0.3) is 5.91 Å². The zero-order valence-corrected chi connectivity index (χ0v) is 13.6. The lowest BCUT2D eigenvalue weighted by atomic mass is 9.86. The quantitative estimate of drug-likeness (QED) is 0.807. The van der Waals surface area contributed by atoms with Crippen molar-refractivity contribution in [3.8, 4) is 0 Å². The molecule has 1 amide bonds. The molecule has 0 radical (unpaired) electrons. The van der Waals surface area contributed by atoms with Gasteiger partial charge in [0.2, 0.25) is 0 Å². The number of rotatable bonds is 4. The van der Waals surface area contributed by atoms with Crippen LogP contribution in [0.4, 0.5) is 13.2 Å². The summed E-state index contributed by atoms with van der Waals surface area (Å²) in [5.74, 6) is 0.962. The fourth-order valence-corrected chi connectivity index (χ4v) is 3.76. The molecule has 0 aromatic rings. The number of hydrogen-bond acceptors (Lipinski definition) is 4. The van der Waals surface area contributed by atoms with Crippen molar-refractivity contribution in [3.63, 3.8) is 0 Å². The maximum atomic E-state index is 12.3. The van der Waals surface area contributed by atoms with E-state index >= 15 is 0 Å². The van der Waals surface area contributed by atoms with Crippen molar-refractivity contribution < 1.29 is 22.7 Å². The van der Waals surface area contributed by atoms with Gasteiger partial charge in [0, 0.05) is 5.92 Å². The monoisotopic (exact) mass is 363 g/mol. The van der Waals surface area contributed by atoms with Gasteiger partial charge in [-0.2, -0.15) is 13.2 Å². The summed E-state index contributed by atoms with van der Waals surface area (Å²) in [4.78, 5) is 17.0. The van der Waals surface area contributed by atoms with Gasteiger partial charge in [-0.3, -0.25) is 9.79 Å². The number of piperidine rings is 1. The molecule has 0 aromatic heterocycles. The minimum Gasteiger partial charge on any atom is -0.378 e. The summed E-state index contributed by atoms with van der Waals surface area (Å²) in [7, 11) is 0. The van der Waals surface area contributed by atoms with Crippen LogP contribution in [0.25, 0.3) is 0 Å². The summed E-state index contributed by atoms with van der Waals surface area (Å²) >= 11 is 0. The molecule has 3 aliphatic rings. The molecule has 1 aliphatic carbocycles. The minimum absolute atomic E-state index is 0. The lowest BCUT2D eigenvalue weighted by molar-refractivity contribution is -0.150. The Kier molecular flexibility index (Phi) is 6.48. The number of halogens is 3. The Bertz CT molecular complexity index is 494. The molecule has 1 spiro atoms. The summed E-state index contributed by atoms with van der Waals surface area (Å²) in [5, 5.41) is 6.20. The van der Waals surface area contributed by atoms with Crippen LogP contribution in [0.5, 0.6) is 0 Å². The lowest BCUT2D eigenvalue weighted by Crippen LogP contribution is -2.47. The van der Waals surface area contributed by atoms with E-state index in [1.54, 1.807) is 0 Å². The summed E-state index contributed by atoms with van der Waals surface area (Å²) < 4.78 is 41.8. The highest BCUT2D eigenvalue weighted by Crippen LogP contribution is 2.33. The van der Waals surface area contributed by atoms with Gasteiger partial charge >= 0.3 is 6.18 Å². The molecule has 144 valence electrons. The van der Waals surface area contributed by atoms with Gasteiger partial charge in [0.05, 0.1) is 19.1 Å². The molecule has 1 saturated carbocycles. The van der Waals surface area contributed by atoms with Crippen molar-refractivity contribution in [1.82, 2.24) is 10.6 Å². The molecule has 5 nitrogen and oxygen atoms in total. The van der Waals surface area contributed by atoms with E-state index in [4.69, 9.17) is 9.73 Å². The molecule has 0 bridgehead atoms. The largest absolute Gasteiger partial charge is 0.391 e. The van der Waals surface area contributed by atoms with Crippen molar-refractivity contribution >= 4 is 11.7 Å². The molecule has 0 aromatic carbocycles. The first kappa shape index (κ1) is 20.2. The number of nitrogens with zero attached hydrogens (tertiary/aromatic N) is 1. The number of carbonyl (C=O) groups excluding carboxylic acids is 1. The van der Waals surface area contributed by atoms with Crippen LogP contribution in [0.2, 0.25) is 0 Å². The minimum atomic E-state index is -4.16. The van der Waals surface area contributed by atoms with Gasteiger partial charge in [0.1, 0.15) is 11.4 Å². The molecule has 2 heterocycles. The third-order valence-corrected chi connectivity index (χ3v) is 5.23. The molecule has 3 rings (SSSR count). The van der Waals surface area contributed by atoms with Crippen LogP contribution in [0.1, 0.15) is 52.4 Å². The van der Waals surface area contributed by atoms with Crippen molar-refractivity contribution in [2.24, 2.45) is 10.9 Å². The molecule has 2 N–H and O–H groups in total. The van der Waals surface area contributed by atoms with Gasteiger partial charge in [-0.25, -0.2) is 0 Å². The smallest absolute Gasteiger partial charge is 0.378 e. The van der Waals surface area contributed by atoms with Crippen LogP contribution < -0.4 is 10.6 Å². The van der Waals surface area contributed by atoms with Crippen molar-refractivity contribution in [2.75, 3.05) is 19.7 Å². The predicted octanol–water partition coefficient (Wildman–Crippen LogP) is 2.80. The van der Waals surface area contributed by atoms with Gasteiger partial charge in [0.15, 0.2) is 0 Å². The summed E-state index contributed by atoms with van der Waals surface area (Å²) in [6, 6.07) is 0. The fraction of sp³-hybridized carbons (Fsp3) is 0.882. The van der Waals surface area contributed by atoms with Crippen LogP contribution in [0.15, 0.2) is 4.99 Å². The second kappa shape index (κ2) is 8.03. The van der Waals surface area contributed by atoms with E-state index in [0.29, 0.717) is 12.8 Å². The number of aliphatic imine (C=N–C) groups is 1. The summed E-state index contributed by atoms with van der Waals surface area (Å²) in [5.41, 5.74) is -0.597. The SMILES string of the molecule is C.O=C1NC(C2CCC(OCCC(F)(F)F)CC2)=NC12CCNCC2. The van der Waals surface area contributed by atoms with Gasteiger partial charge in [-0.05, 0) is 51.6 Å². The zero-order chi connectivity index (χ0) is 17.2. The predicted molar refractivity (Wildman–Crippen MR) is 89.5 cm³/mol. The Labute approximate surface area is 146 Å². The molecule has 2 fully saturated rings. The normalized spacial score (nSPS) is 29.1. The van der Waals surface area contributed by atoms with E-state index in [2.05, 4.69) is 10.6 Å². The number of nitrogens with one attached hydrogen (secondary N) is 2. The highest BCUT2D eigenvalue weighted by Gasteiger charge is 2.45. The second-order valence-corrected chi connectivity index (χ2v) is 6.94. The van der Waals surface area contributed by atoms with Gasteiger partial charge in [-0.1, -0.05) is 7.43 Å². The van der Waals surface area contributed by atoms with E-state index in [0.717, 1.165) is 44.6 Å². The maximum absolute atomic E-state index is 12.3. The number of hydrogen-bond donors (Lipinski definition) is 2. The zero-order valence-electron chi connectivity index (χ0n) is 13.6. The molecular formula is C17H28F3N3O2. The number of ether oxygens (including phenoxy) is 1. The third-order valence-electron chi connectivity index (χ3n) is 5.23. The van der Waals surface area contributed by atoms with E-state index < -0.39 is 18.1 Å². The number of alkyl halides is 3. The lowest BCUT2D eigenvalue weighted by Gasteiger charge is -2.29. The Hall–Kier alpha value is -1.15. The number of carbonyl (C=O) groups is 1. The van der Waals surface area contributed by atoms with Crippen LogP contribution in [0, 0.1) is 5.92 Å². The van der Waals surface area contributed by atoms with E-state index in [-0.39, 0.29) is 32.0 Å². The molecule has 0 unspecified atom stereocenters. The topological polar surface area (TPSA) is 62.7 Å². The Morgan fingerprint density at radius 2 is 1.80 bits per heavy atom. The van der Waals surface area contributed by atoms with E-state index in [1.165, 1.54) is 0 Å². The molecule has 0 atom stereocenters. The van der Waals surface area contributed by atoms with Crippen LogP contribution in [0.3, 0.4) is 0 Å². The Balaban J connectivity index is 0.00000225. The number of amides is 1. The highest BCUT2D eigenvalue weighted by molar-refractivity contribution is 6.09. The summed E-state index contributed by atoms with van der Waals surface area (Å²) in [6.45, 7) is 1.32. The average molecular weight is 363 g/mol. The van der Waals surface area contributed by atoms with Crippen LogP contribution >= 0.6 is 0 Å². The fourth-order valence-electron chi connectivity index (χ4n) is 3.76. The molecule has 8 heteroatoms. The van der Waals surface area contributed by atoms with Crippen LogP contribution in [-0.2, 0) is 9.53 Å². The highest BCUT2D eigenvalue weighted by atomic mass is 19.4. The average Bonchev–Trinajstić information content (AvgIpc) is 2.84. The molecule has 1 saturated heterocycles. The molecule has 25 heavy (non-hydrogen) atoms. The first-order valence-electron chi connectivity index (χ1n) is 8.68. The Morgan fingerprint density at radius 3 is 2.40 bits per heavy atom. The third kappa shape index (κ3) is 4.94. The van der Waals surface area contributed by atoms with E-state index in [9.17, 15) is 18.0 Å². The Morgan fingerprint density at radius 1 is 1.16 bits per heavy atom. The second-order valence-electron chi connectivity index (χ2n) is 6.94. The molecule has 2 aliphatic heterocycles. The van der Waals surface area contributed by atoms with Gasteiger partial charge < -0.3 is 15.4 Å². The standard InChI is InChI=1S/C16H24F3N3O2.CH4/c17-16(18,19)7-10-24-12-3-1-11(2-4-12)13-21-14(23)15(22-13)5-8-20-9-6-15;/h11-12,20H,1-10H2,(H,21,22,23);1H4. The first-order chi connectivity index (χ1) is 11.4. The van der Waals surface area contributed by atoms with Gasteiger partial charge in [-0.15, -0.1) is 0 Å². The van der Waals surface area contributed by atoms with Crippen molar-refractivity contribution in [2.45, 2.75) is 70.2 Å².